The van der Waals surface area contributed by atoms with Gasteiger partial charge in [-0.25, -0.2) is 0 Å². The minimum atomic E-state index is -0.449. The third kappa shape index (κ3) is 1.95. The Morgan fingerprint density at radius 1 is 1.25 bits per heavy atom. The van der Waals surface area contributed by atoms with E-state index in [0.717, 1.165) is 5.56 Å². The maximum absolute atomic E-state index is 11.4. The summed E-state index contributed by atoms with van der Waals surface area (Å²) in [4.78, 5) is 11.4. The van der Waals surface area contributed by atoms with Crippen LogP contribution >= 0.6 is 11.6 Å². The second-order valence-corrected chi connectivity index (χ2v) is 4.01. The van der Waals surface area contributed by atoms with Gasteiger partial charge in [-0.3, -0.25) is 4.79 Å². The van der Waals surface area contributed by atoms with Crippen LogP contribution < -0.4 is 5.56 Å². The fourth-order valence-electron chi connectivity index (χ4n) is 1.55. The molecule has 82 valence electrons. The van der Waals surface area contributed by atoms with Gasteiger partial charge in [0.25, 0.3) is 5.56 Å². The van der Waals surface area contributed by atoms with Gasteiger partial charge in [-0.05, 0) is 30.7 Å². The molecule has 1 aromatic carbocycles. The molecule has 0 bridgehead atoms. The molecular formula is C12H10ClNO2. The molecule has 0 aliphatic heterocycles. The first kappa shape index (κ1) is 10.8. The summed E-state index contributed by atoms with van der Waals surface area (Å²) >= 11 is 5.86. The van der Waals surface area contributed by atoms with Gasteiger partial charge < -0.3 is 5.21 Å². The molecule has 0 spiro atoms. The molecule has 4 heteroatoms. The van der Waals surface area contributed by atoms with Crippen molar-refractivity contribution in [3.63, 3.8) is 0 Å². The van der Waals surface area contributed by atoms with E-state index in [4.69, 9.17) is 11.6 Å². The highest BCUT2D eigenvalue weighted by Crippen LogP contribution is 2.21. The van der Waals surface area contributed by atoms with Crippen LogP contribution in [0.2, 0.25) is 5.02 Å². The summed E-state index contributed by atoms with van der Waals surface area (Å²) in [7, 11) is 0. The Balaban J connectivity index is 2.69. The van der Waals surface area contributed by atoms with E-state index in [1.807, 2.05) is 0 Å². The average molecular weight is 236 g/mol. The van der Waals surface area contributed by atoms with Gasteiger partial charge in [0.2, 0.25) is 0 Å². The van der Waals surface area contributed by atoms with Crippen molar-refractivity contribution in [2.24, 2.45) is 0 Å². The van der Waals surface area contributed by atoms with E-state index >= 15 is 0 Å². The Labute approximate surface area is 97.5 Å². The number of hydrogen-bond donors (Lipinski definition) is 1. The van der Waals surface area contributed by atoms with Gasteiger partial charge in [-0.2, -0.15) is 0 Å². The highest BCUT2D eigenvalue weighted by molar-refractivity contribution is 6.30. The number of halogens is 1. The fraction of sp³-hybridized carbons (Fsp3) is 0.0833. The Kier molecular flexibility index (Phi) is 2.71. The number of rotatable bonds is 1. The Bertz CT molecular complexity index is 590. The Morgan fingerprint density at radius 3 is 2.69 bits per heavy atom. The van der Waals surface area contributed by atoms with E-state index in [2.05, 4.69) is 0 Å². The van der Waals surface area contributed by atoms with Crippen LogP contribution in [-0.2, 0) is 0 Å². The molecule has 1 aromatic heterocycles. The Morgan fingerprint density at radius 2 is 2.00 bits per heavy atom. The highest BCUT2D eigenvalue weighted by atomic mass is 35.5. The molecule has 0 saturated heterocycles. The molecule has 0 unspecified atom stereocenters. The van der Waals surface area contributed by atoms with Crippen LogP contribution in [0.3, 0.4) is 0 Å². The molecule has 0 aliphatic rings. The van der Waals surface area contributed by atoms with Gasteiger partial charge >= 0.3 is 0 Å². The van der Waals surface area contributed by atoms with Crippen LogP contribution in [-0.4, -0.2) is 9.94 Å². The molecule has 2 rings (SSSR count). The number of hydrogen-bond acceptors (Lipinski definition) is 2. The molecular weight excluding hydrogens is 226 g/mol. The second kappa shape index (κ2) is 4.02. The van der Waals surface area contributed by atoms with Crippen molar-refractivity contribution >= 4 is 11.6 Å². The topological polar surface area (TPSA) is 42.2 Å². The quantitative estimate of drug-likeness (QED) is 0.773. The molecule has 0 aliphatic carbocycles. The predicted molar refractivity (Wildman–Crippen MR) is 63.1 cm³/mol. The van der Waals surface area contributed by atoms with Crippen LogP contribution in [0.1, 0.15) is 5.56 Å². The van der Waals surface area contributed by atoms with Crippen molar-refractivity contribution in [1.82, 2.24) is 4.73 Å². The summed E-state index contributed by atoms with van der Waals surface area (Å²) in [6.45, 7) is 1.80. The van der Waals surface area contributed by atoms with Gasteiger partial charge in [-0.1, -0.05) is 23.7 Å². The first-order valence-electron chi connectivity index (χ1n) is 4.77. The molecule has 1 heterocycles. The monoisotopic (exact) mass is 235 g/mol. The summed E-state index contributed by atoms with van der Waals surface area (Å²) in [5.74, 6) is 0. The molecule has 0 amide bonds. The van der Waals surface area contributed by atoms with E-state index in [0.29, 0.717) is 21.0 Å². The Hall–Kier alpha value is -1.74. The average Bonchev–Trinajstić information content (AvgIpc) is 2.23. The van der Waals surface area contributed by atoms with Crippen LogP contribution in [0.25, 0.3) is 11.3 Å². The maximum Gasteiger partial charge on any atom is 0.283 e. The maximum atomic E-state index is 11.4. The first-order chi connectivity index (χ1) is 7.58. The normalized spacial score (nSPS) is 10.4. The third-order valence-electron chi connectivity index (χ3n) is 2.27. The van der Waals surface area contributed by atoms with Crippen LogP contribution in [0.5, 0.6) is 0 Å². The molecule has 0 radical (unpaired) electrons. The lowest BCUT2D eigenvalue weighted by Crippen LogP contribution is -2.18. The largest absolute Gasteiger partial charge is 0.425 e. The number of pyridine rings is 1. The van der Waals surface area contributed by atoms with Crippen molar-refractivity contribution < 1.29 is 5.21 Å². The van der Waals surface area contributed by atoms with Gasteiger partial charge in [0, 0.05) is 16.7 Å². The van der Waals surface area contributed by atoms with Gasteiger partial charge in [0.1, 0.15) is 0 Å². The van der Waals surface area contributed by atoms with Crippen LogP contribution in [0, 0.1) is 6.92 Å². The zero-order valence-corrected chi connectivity index (χ0v) is 9.40. The van der Waals surface area contributed by atoms with E-state index in [9.17, 15) is 10.0 Å². The summed E-state index contributed by atoms with van der Waals surface area (Å²) in [5, 5.41) is 10.2. The van der Waals surface area contributed by atoms with E-state index in [1.165, 1.54) is 6.07 Å². The van der Waals surface area contributed by atoms with Gasteiger partial charge in [0.05, 0.1) is 5.69 Å². The highest BCUT2D eigenvalue weighted by Gasteiger charge is 2.06. The lowest BCUT2D eigenvalue weighted by atomic mass is 10.1. The zero-order chi connectivity index (χ0) is 11.7. The predicted octanol–water partition coefficient (Wildman–Crippen LogP) is 2.71. The van der Waals surface area contributed by atoms with E-state index < -0.39 is 5.56 Å². The number of aromatic nitrogens is 1. The zero-order valence-electron chi connectivity index (χ0n) is 8.64. The smallest absolute Gasteiger partial charge is 0.283 e. The number of aryl methyl sites for hydroxylation is 1. The molecule has 0 atom stereocenters. The number of benzene rings is 1. The fourth-order valence-corrected chi connectivity index (χ4v) is 1.74. The van der Waals surface area contributed by atoms with Crippen molar-refractivity contribution in [3.05, 3.63) is 57.3 Å². The molecule has 16 heavy (non-hydrogen) atoms. The molecule has 0 saturated carbocycles. The molecule has 3 nitrogen and oxygen atoms in total. The summed E-state index contributed by atoms with van der Waals surface area (Å²) in [5.41, 5.74) is 1.49. The van der Waals surface area contributed by atoms with Crippen molar-refractivity contribution in [2.45, 2.75) is 6.92 Å². The first-order valence-corrected chi connectivity index (χ1v) is 5.14. The molecule has 2 aromatic rings. The van der Waals surface area contributed by atoms with Crippen molar-refractivity contribution in [2.75, 3.05) is 0 Å². The van der Waals surface area contributed by atoms with E-state index in [1.54, 1.807) is 37.3 Å². The SMILES string of the molecule is Cc1cc(-c2cccc(Cl)c2)n(O)c(=O)c1. The minimum Gasteiger partial charge on any atom is -0.425 e. The van der Waals surface area contributed by atoms with Crippen LogP contribution in [0.4, 0.5) is 0 Å². The van der Waals surface area contributed by atoms with Crippen LogP contribution in [0.15, 0.2) is 41.2 Å². The van der Waals surface area contributed by atoms with E-state index in [-0.39, 0.29) is 0 Å². The summed E-state index contributed by atoms with van der Waals surface area (Å²) in [6.07, 6.45) is 0. The van der Waals surface area contributed by atoms with Crippen molar-refractivity contribution in [1.29, 1.82) is 0 Å². The molecule has 1 N–H and O–H groups in total. The lowest BCUT2D eigenvalue weighted by molar-refractivity contribution is 0.179. The van der Waals surface area contributed by atoms with Gasteiger partial charge in [0.15, 0.2) is 0 Å². The summed E-state index contributed by atoms with van der Waals surface area (Å²) in [6, 6.07) is 10.1. The minimum absolute atomic E-state index is 0.438. The van der Waals surface area contributed by atoms with Crippen molar-refractivity contribution in [3.8, 4) is 11.3 Å². The summed E-state index contributed by atoms with van der Waals surface area (Å²) < 4.78 is 0.624. The standard InChI is InChI=1S/C12H10ClNO2/c1-8-5-11(14(16)12(15)6-8)9-3-2-4-10(13)7-9/h2-7,16H,1H3. The van der Waals surface area contributed by atoms with Gasteiger partial charge in [-0.15, -0.1) is 4.73 Å². The number of nitrogens with zero attached hydrogens (tertiary/aromatic N) is 1. The lowest BCUT2D eigenvalue weighted by Gasteiger charge is -2.07. The molecule has 0 fully saturated rings. The third-order valence-corrected chi connectivity index (χ3v) is 2.51. The second-order valence-electron chi connectivity index (χ2n) is 3.58.